The van der Waals surface area contributed by atoms with Gasteiger partial charge in [0, 0.05) is 42.5 Å². The molecule has 0 saturated carbocycles. The lowest BCUT2D eigenvalue weighted by atomic mass is 10.1. The van der Waals surface area contributed by atoms with Gasteiger partial charge in [-0.2, -0.15) is 0 Å². The first-order chi connectivity index (χ1) is 16.7. The highest BCUT2D eigenvalue weighted by atomic mass is 35.5. The Morgan fingerprint density at radius 2 is 1.54 bits per heavy atom. The molecule has 35 heavy (non-hydrogen) atoms. The van der Waals surface area contributed by atoms with Crippen molar-refractivity contribution in [2.75, 3.05) is 36.4 Å². The highest BCUT2D eigenvalue weighted by Gasteiger charge is 2.30. The number of anilines is 2. The quantitative estimate of drug-likeness (QED) is 0.457. The molecule has 0 atom stereocenters. The SMILES string of the molecule is CC(C)(Oc1ccccc1)C(=O)Nc1ccc(N2CCN(C(=O)c3ccc(Cl)cc3)CC2)c(Cl)c1. The molecule has 1 fully saturated rings. The number of benzene rings is 3. The summed E-state index contributed by atoms with van der Waals surface area (Å²) >= 11 is 12.5. The molecule has 0 spiro atoms. The molecule has 3 aromatic rings. The number of rotatable bonds is 6. The summed E-state index contributed by atoms with van der Waals surface area (Å²) in [6.45, 7) is 5.92. The van der Waals surface area contributed by atoms with Crippen LogP contribution in [0.25, 0.3) is 0 Å². The fourth-order valence-corrected chi connectivity index (χ4v) is 4.30. The molecule has 2 amide bonds. The van der Waals surface area contributed by atoms with E-state index in [1.807, 2.05) is 47.4 Å². The minimum Gasteiger partial charge on any atom is -0.478 e. The molecular formula is C27H27Cl2N3O3. The lowest BCUT2D eigenvalue weighted by Crippen LogP contribution is -2.48. The first kappa shape index (κ1) is 24.9. The largest absolute Gasteiger partial charge is 0.478 e. The molecule has 6 nitrogen and oxygen atoms in total. The van der Waals surface area contributed by atoms with Crippen LogP contribution in [-0.4, -0.2) is 48.5 Å². The Morgan fingerprint density at radius 1 is 0.886 bits per heavy atom. The molecular weight excluding hydrogens is 485 g/mol. The van der Waals surface area contributed by atoms with Gasteiger partial charge in [-0.25, -0.2) is 0 Å². The number of amides is 2. The number of carbonyl (C=O) groups is 2. The number of carbonyl (C=O) groups excluding carboxylic acids is 2. The average Bonchev–Trinajstić information content (AvgIpc) is 2.85. The predicted molar refractivity (Wildman–Crippen MR) is 141 cm³/mol. The van der Waals surface area contributed by atoms with Crippen LogP contribution in [0, 0.1) is 0 Å². The topological polar surface area (TPSA) is 61.9 Å². The monoisotopic (exact) mass is 511 g/mol. The van der Waals surface area contributed by atoms with E-state index < -0.39 is 5.60 Å². The van der Waals surface area contributed by atoms with Crippen LogP contribution in [0.15, 0.2) is 72.8 Å². The van der Waals surface area contributed by atoms with Gasteiger partial charge in [0.2, 0.25) is 0 Å². The zero-order valence-corrected chi connectivity index (χ0v) is 21.1. The van der Waals surface area contributed by atoms with E-state index in [0.717, 1.165) is 5.69 Å². The molecule has 3 aromatic carbocycles. The van der Waals surface area contributed by atoms with Crippen molar-refractivity contribution >= 4 is 46.4 Å². The van der Waals surface area contributed by atoms with E-state index in [-0.39, 0.29) is 11.8 Å². The molecule has 0 bridgehead atoms. The van der Waals surface area contributed by atoms with E-state index in [9.17, 15) is 9.59 Å². The Morgan fingerprint density at radius 3 is 2.17 bits per heavy atom. The second kappa shape index (κ2) is 10.6. The van der Waals surface area contributed by atoms with Gasteiger partial charge in [0.15, 0.2) is 5.60 Å². The first-order valence-electron chi connectivity index (χ1n) is 11.4. The molecule has 4 rings (SSSR count). The zero-order valence-electron chi connectivity index (χ0n) is 19.6. The molecule has 1 heterocycles. The predicted octanol–water partition coefficient (Wildman–Crippen LogP) is 5.75. The Kier molecular flexibility index (Phi) is 7.53. The van der Waals surface area contributed by atoms with E-state index in [0.29, 0.717) is 53.2 Å². The molecule has 182 valence electrons. The van der Waals surface area contributed by atoms with Crippen LogP contribution >= 0.6 is 23.2 Å². The third kappa shape index (κ3) is 6.08. The molecule has 1 aliphatic heterocycles. The van der Waals surface area contributed by atoms with Crippen molar-refractivity contribution in [1.82, 2.24) is 4.90 Å². The Bertz CT molecular complexity index is 1190. The van der Waals surface area contributed by atoms with Gasteiger partial charge in [0.25, 0.3) is 11.8 Å². The molecule has 0 aliphatic carbocycles. The van der Waals surface area contributed by atoms with Gasteiger partial charge >= 0.3 is 0 Å². The van der Waals surface area contributed by atoms with Crippen molar-refractivity contribution in [1.29, 1.82) is 0 Å². The number of halogens is 2. The number of hydrogen-bond acceptors (Lipinski definition) is 4. The van der Waals surface area contributed by atoms with E-state index in [1.54, 1.807) is 44.2 Å². The maximum absolute atomic E-state index is 12.8. The summed E-state index contributed by atoms with van der Waals surface area (Å²) in [5, 5.41) is 4.02. The summed E-state index contributed by atoms with van der Waals surface area (Å²) in [6, 6.07) is 21.6. The molecule has 1 N–H and O–H groups in total. The van der Waals surface area contributed by atoms with Gasteiger partial charge in [0.1, 0.15) is 5.75 Å². The van der Waals surface area contributed by atoms with Crippen molar-refractivity contribution in [3.8, 4) is 5.75 Å². The lowest BCUT2D eigenvalue weighted by Gasteiger charge is -2.36. The molecule has 0 aromatic heterocycles. The highest BCUT2D eigenvalue weighted by Crippen LogP contribution is 2.30. The van der Waals surface area contributed by atoms with Gasteiger partial charge in [-0.3, -0.25) is 9.59 Å². The van der Waals surface area contributed by atoms with Gasteiger partial charge in [-0.05, 0) is 68.4 Å². The standard InChI is InChI=1S/C27H27Cl2N3O3/c1-27(2,35-22-6-4-3-5-7-22)26(34)30-21-12-13-24(23(29)18-21)31-14-16-32(17-15-31)25(33)19-8-10-20(28)11-9-19/h3-13,18H,14-17H2,1-2H3,(H,30,34). The fraction of sp³-hybridized carbons (Fsp3) is 0.259. The summed E-state index contributed by atoms with van der Waals surface area (Å²) in [4.78, 5) is 29.6. The second-order valence-corrected chi connectivity index (χ2v) is 9.68. The van der Waals surface area contributed by atoms with Crippen molar-refractivity contribution in [3.63, 3.8) is 0 Å². The normalized spacial score (nSPS) is 13.9. The van der Waals surface area contributed by atoms with Crippen molar-refractivity contribution < 1.29 is 14.3 Å². The number of nitrogens with zero attached hydrogens (tertiary/aromatic N) is 2. The summed E-state index contributed by atoms with van der Waals surface area (Å²) in [5.41, 5.74) is 1.01. The summed E-state index contributed by atoms with van der Waals surface area (Å²) in [7, 11) is 0. The van der Waals surface area contributed by atoms with Crippen LogP contribution < -0.4 is 15.0 Å². The Balaban J connectivity index is 1.35. The minimum atomic E-state index is -1.07. The van der Waals surface area contributed by atoms with E-state index >= 15 is 0 Å². The van der Waals surface area contributed by atoms with Crippen LogP contribution in [-0.2, 0) is 4.79 Å². The van der Waals surface area contributed by atoms with Crippen molar-refractivity contribution in [2.24, 2.45) is 0 Å². The van der Waals surface area contributed by atoms with Crippen LogP contribution in [0.5, 0.6) is 5.75 Å². The lowest BCUT2D eigenvalue weighted by molar-refractivity contribution is -0.128. The number of nitrogens with one attached hydrogen (secondary N) is 1. The molecule has 8 heteroatoms. The minimum absolute atomic E-state index is 0.00851. The van der Waals surface area contributed by atoms with Gasteiger partial charge in [-0.15, -0.1) is 0 Å². The summed E-state index contributed by atoms with van der Waals surface area (Å²) < 4.78 is 5.86. The third-order valence-corrected chi connectivity index (χ3v) is 6.42. The molecule has 0 unspecified atom stereocenters. The fourth-order valence-electron chi connectivity index (χ4n) is 3.88. The van der Waals surface area contributed by atoms with Crippen LogP contribution in [0.3, 0.4) is 0 Å². The van der Waals surface area contributed by atoms with Crippen LogP contribution in [0.1, 0.15) is 24.2 Å². The number of para-hydroxylation sites is 1. The highest BCUT2D eigenvalue weighted by molar-refractivity contribution is 6.33. The second-order valence-electron chi connectivity index (χ2n) is 8.83. The Labute approximate surface area is 215 Å². The van der Waals surface area contributed by atoms with Gasteiger partial charge < -0.3 is 19.9 Å². The summed E-state index contributed by atoms with van der Waals surface area (Å²) in [5.74, 6) is 0.333. The van der Waals surface area contributed by atoms with E-state index in [2.05, 4.69) is 10.2 Å². The first-order valence-corrected chi connectivity index (χ1v) is 12.1. The maximum Gasteiger partial charge on any atom is 0.267 e. The van der Waals surface area contributed by atoms with Gasteiger partial charge in [0.05, 0.1) is 10.7 Å². The Hall–Kier alpha value is -3.22. The smallest absolute Gasteiger partial charge is 0.267 e. The molecule has 1 saturated heterocycles. The van der Waals surface area contributed by atoms with Gasteiger partial charge in [-0.1, -0.05) is 41.4 Å². The molecule has 0 radical (unpaired) electrons. The number of hydrogen-bond donors (Lipinski definition) is 1. The maximum atomic E-state index is 12.8. The average molecular weight is 512 g/mol. The third-order valence-electron chi connectivity index (χ3n) is 5.87. The van der Waals surface area contributed by atoms with Crippen LogP contribution in [0.2, 0.25) is 10.0 Å². The zero-order chi connectivity index (χ0) is 25.0. The van der Waals surface area contributed by atoms with Crippen molar-refractivity contribution in [2.45, 2.75) is 19.4 Å². The summed E-state index contributed by atoms with van der Waals surface area (Å²) in [6.07, 6.45) is 0. The van der Waals surface area contributed by atoms with E-state index in [4.69, 9.17) is 27.9 Å². The van der Waals surface area contributed by atoms with Crippen molar-refractivity contribution in [3.05, 3.63) is 88.4 Å². The number of piperazine rings is 1. The number of ether oxygens (including phenoxy) is 1. The van der Waals surface area contributed by atoms with Crippen LogP contribution in [0.4, 0.5) is 11.4 Å². The van der Waals surface area contributed by atoms with E-state index in [1.165, 1.54) is 0 Å². The molecule has 1 aliphatic rings.